The van der Waals surface area contributed by atoms with Crippen molar-refractivity contribution in [1.29, 1.82) is 0 Å². The van der Waals surface area contributed by atoms with Crippen LogP contribution in [0.2, 0.25) is 5.02 Å². The largest absolute Gasteiger partial charge is 0.480 e. The Morgan fingerprint density at radius 2 is 1.72 bits per heavy atom. The number of aliphatic hydroxyl groups excluding tert-OH is 1. The molecule has 0 fully saturated rings. The standard InChI is InChI=1S/C26H23ClN4O5/c27-20-13-7-10-18(14-20)23(33)29-25(28-21(15-32)24(34)35)31-16-26(36,19-11-5-2-6-12-19)22(30-31)17-8-3-1-4-9-17/h1-14,21,32,36H,15-16H2,(H,34,35)(H,28,29,33). The third-order valence-electron chi connectivity index (χ3n) is 5.58. The zero-order valence-electron chi connectivity index (χ0n) is 19.0. The molecule has 1 heterocycles. The molecule has 36 heavy (non-hydrogen) atoms. The number of hydrogen-bond acceptors (Lipinski definition) is 6. The second-order valence-corrected chi connectivity index (χ2v) is 8.49. The molecule has 0 spiro atoms. The van der Waals surface area contributed by atoms with Crippen LogP contribution in [0.3, 0.4) is 0 Å². The first kappa shape index (κ1) is 25.1. The van der Waals surface area contributed by atoms with Crippen LogP contribution >= 0.6 is 11.6 Å². The third-order valence-corrected chi connectivity index (χ3v) is 5.82. The van der Waals surface area contributed by atoms with Crippen LogP contribution in [-0.2, 0) is 10.4 Å². The lowest BCUT2D eigenvalue weighted by molar-refractivity contribution is -0.139. The van der Waals surface area contributed by atoms with Crippen LogP contribution in [0.25, 0.3) is 0 Å². The number of nitrogens with one attached hydrogen (secondary N) is 1. The van der Waals surface area contributed by atoms with Crippen molar-refractivity contribution in [3.05, 3.63) is 107 Å². The molecule has 3 aromatic rings. The van der Waals surface area contributed by atoms with Gasteiger partial charge >= 0.3 is 5.97 Å². The van der Waals surface area contributed by atoms with Crippen molar-refractivity contribution in [3.63, 3.8) is 0 Å². The number of hydrogen-bond donors (Lipinski definition) is 4. The van der Waals surface area contributed by atoms with Gasteiger partial charge in [-0.15, -0.1) is 0 Å². The normalized spacial score (nSPS) is 18.5. The lowest BCUT2D eigenvalue weighted by Crippen LogP contribution is -2.46. The number of halogens is 1. The first-order valence-electron chi connectivity index (χ1n) is 11.0. The fraction of sp³-hybridized carbons (Fsp3) is 0.154. The highest BCUT2D eigenvalue weighted by Crippen LogP contribution is 2.33. The van der Waals surface area contributed by atoms with E-state index in [1.54, 1.807) is 60.7 Å². The third kappa shape index (κ3) is 5.28. The summed E-state index contributed by atoms with van der Waals surface area (Å²) >= 11 is 6.01. The molecule has 1 aliphatic heterocycles. The van der Waals surface area contributed by atoms with Crippen molar-refractivity contribution in [1.82, 2.24) is 10.3 Å². The topological polar surface area (TPSA) is 135 Å². The number of β-amino-alcohol motifs (C(OH)–C–C–N with tert-alkyl or cyclic N) is 1. The number of nitrogens with zero attached hydrogens (tertiary/aromatic N) is 3. The van der Waals surface area contributed by atoms with E-state index in [0.717, 1.165) is 0 Å². The number of aliphatic hydroxyl groups is 2. The molecule has 4 N–H and O–H groups in total. The summed E-state index contributed by atoms with van der Waals surface area (Å²) in [5.74, 6) is -2.26. The molecule has 0 saturated heterocycles. The van der Waals surface area contributed by atoms with Gasteiger partial charge in [0.05, 0.1) is 13.2 Å². The quantitative estimate of drug-likeness (QED) is 0.300. The summed E-state index contributed by atoms with van der Waals surface area (Å²) in [6.07, 6.45) is 0. The molecular formula is C26H23ClN4O5. The maximum Gasteiger partial charge on any atom is 0.330 e. The van der Waals surface area contributed by atoms with E-state index in [1.165, 1.54) is 17.1 Å². The molecule has 10 heteroatoms. The average Bonchev–Trinajstić information content (AvgIpc) is 3.25. The number of benzene rings is 3. The molecule has 1 amide bonds. The van der Waals surface area contributed by atoms with Gasteiger partial charge in [-0.2, -0.15) is 5.10 Å². The van der Waals surface area contributed by atoms with E-state index in [0.29, 0.717) is 16.1 Å². The number of aliphatic carboxylic acids is 1. The number of amides is 1. The van der Waals surface area contributed by atoms with Gasteiger partial charge in [-0.1, -0.05) is 78.3 Å². The second kappa shape index (κ2) is 10.7. The molecule has 0 radical (unpaired) electrons. The fourth-order valence-electron chi connectivity index (χ4n) is 3.78. The van der Waals surface area contributed by atoms with Crippen molar-refractivity contribution >= 4 is 35.1 Å². The van der Waals surface area contributed by atoms with E-state index in [4.69, 9.17) is 11.6 Å². The summed E-state index contributed by atoms with van der Waals surface area (Å²) in [4.78, 5) is 28.7. The molecule has 0 saturated carbocycles. The molecule has 4 rings (SSSR count). The Bertz CT molecular complexity index is 1320. The highest BCUT2D eigenvalue weighted by Gasteiger charge is 2.45. The zero-order chi connectivity index (χ0) is 25.7. The number of aliphatic imine (C=N–C) groups is 1. The van der Waals surface area contributed by atoms with Crippen LogP contribution in [0.5, 0.6) is 0 Å². The van der Waals surface area contributed by atoms with Crippen molar-refractivity contribution in [2.75, 3.05) is 13.2 Å². The second-order valence-electron chi connectivity index (χ2n) is 8.05. The number of carboxylic acids is 1. The highest BCUT2D eigenvalue weighted by atomic mass is 35.5. The molecule has 1 aliphatic rings. The van der Waals surface area contributed by atoms with Crippen LogP contribution in [0, 0.1) is 0 Å². The van der Waals surface area contributed by atoms with Gasteiger partial charge in [0.25, 0.3) is 5.91 Å². The SMILES string of the molecule is O=C(NC(=NC(CO)C(=O)O)N1CC(O)(c2ccccc2)C(c2ccccc2)=N1)c1cccc(Cl)c1. The van der Waals surface area contributed by atoms with Gasteiger partial charge in [-0.05, 0) is 23.8 Å². The average molecular weight is 507 g/mol. The summed E-state index contributed by atoms with van der Waals surface area (Å²) < 4.78 is 0. The van der Waals surface area contributed by atoms with Crippen LogP contribution < -0.4 is 5.32 Å². The zero-order valence-corrected chi connectivity index (χ0v) is 19.7. The molecule has 2 unspecified atom stereocenters. The Balaban J connectivity index is 1.79. The number of carboxylic acid groups (broad SMARTS) is 1. The Labute approximate surface area is 212 Å². The van der Waals surface area contributed by atoms with E-state index in [2.05, 4.69) is 15.4 Å². The van der Waals surface area contributed by atoms with Gasteiger partial charge in [0.2, 0.25) is 5.96 Å². The summed E-state index contributed by atoms with van der Waals surface area (Å²) in [6, 6.07) is 22.5. The first-order valence-corrected chi connectivity index (χ1v) is 11.4. The lowest BCUT2D eigenvalue weighted by atomic mass is 9.86. The minimum absolute atomic E-state index is 0.173. The van der Waals surface area contributed by atoms with Crippen LogP contribution in [0.15, 0.2) is 95.0 Å². The van der Waals surface area contributed by atoms with Crippen LogP contribution in [0.4, 0.5) is 0 Å². The minimum Gasteiger partial charge on any atom is -0.480 e. The highest BCUT2D eigenvalue weighted by molar-refractivity contribution is 6.31. The smallest absolute Gasteiger partial charge is 0.330 e. The summed E-state index contributed by atoms with van der Waals surface area (Å²) in [5.41, 5.74) is 0.0596. The van der Waals surface area contributed by atoms with Gasteiger partial charge < -0.3 is 15.3 Å². The van der Waals surface area contributed by atoms with E-state index < -0.39 is 30.1 Å². The predicted octanol–water partition coefficient (Wildman–Crippen LogP) is 2.48. The van der Waals surface area contributed by atoms with E-state index >= 15 is 0 Å². The Morgan fingerprint density at radius 3 is 2.33 bits per heavy atom. The van der Waals surface area contributed by atoms with Gasteiger partial charge in [-0.25, -0.2) is 14.8 Å². The van der Waals surface area contributed by atoms with Gasteiger partial charge in [-0.3, -0.25) is 10.1 Å². The predicted molar refractivity (Wildman–Crippen MR) is 135 cm³/mol. The number of hydrazone groups is 1. The first-order chi connectivity index (χ1) is 17.3. The number of guanidine groups is 1. The summed E-state index contributed by atoms with van der Waals surface area (Å²) in [6.45, 7) is -0.981. The van der Waals surface area contributed by atoms with E-state index in [-0.39, 0.29) is 23.8 Å². The Morgan fingerprint density at radius 1 is 1.06 bits per heavy atom. The lowest BCUT2D eigenvalue weighted by Gasteiger charge is -2.26. The molecule has 3 aromatic carbocycles. The van der Waals surface area contributed by atoms with Crippen LogP contribution in [-0.4, -0.2) is 63.1 Å². The number of carbonyl (C=O) groups is 2. The van der Waals surface area contributed by atoms with Gasteiger partial charge in [0.15, 0.2) is 11.6 Å². The monoisotopic (exact) mass is 506 g/mol. The number of carbonyl (C=O) groups excluding carboxylic acids is 1. The summed E-state index contributed by atoms with van der Waals surface area (Å²) in [7, 11) is 0. The Kier molecular flexibility index (Phi) is 7.44. The van der Waals surface area contributed by atoms with Crippen LogP contribution in [0.1, 0.15) is 21.5 Å². The van der Waals surface area contributed by atoms with E-state index in [9.17, 15) is 24.9 Å². The van der Waals surface area contributed by atoms with Crippen molar-refractivity contribution in [2.24, 2.45) is 10.1 Å². The van der Waals surface area contributed by atoms with Gasteiger partial charge in [0.1, 0.15) is 5.71 Å². The summed E-state index contributed by atoms with van der Waals surface area (Å²) in [5, 5.41) is 39.6. The molecule has 0 aromatic heterocycles. The Hall–Kier alpha value is -4.05. The van der Waals surface area contributed by atoms with E-state index in [1.807, 2.05) is 12.1 Å². The molecule has 2 atom stereocenters. The minimum atomic E-state index is -1.61. The molecular weight excluding hydrogens is 484 g/mol. The van der Waals surface area contributed by atoms with Crippen molar-refractivity contribution in [3.8, 4) is 0 Å². The maximum atomic E-state index is 13.0. The fourth-order valence-corrected chi connectivity index (χ4v) is 3.97. The molecule has 0 bridgehead atoms. The van der Waals surface area contributed by atoms with Crippen molar-refractivity contribution in [2.45, 2.75) is 11.6 Å². The molecule has 0 aliphatic carbocycles. The van der Waals surface area contributed by atoms with Crippen molar-refractivity contribution < 1.29 is 24.9 Å². The maximum absolute atomic E-state index is 13.0. The molecule has 9 nitrogen and oxygen atoms in total. The number of rotatable bonds is 6. The van der Waals surface area contributed by atoms with Gasteiger partial charge in [0, 0.05) is 16.1 Å². The molecule has 184 valence electrons.